The first-order valence-electron chi connectivity index (χ1n) is 6.30. The minimum atomic E-state index is -0.104. The van der Waals surface area contributed by atoms with Crippen LogP contribution in [0, 0.1) is 12.8 Å². The fourth-order valence-corrected chi connectivity index (χ4v) is 2.23. The number of hydrogen-bond acceptors (Lipinski definition) is 3. The standard InChI is InChI=1S/C14H19N3O/c1-10-6-3-4-8-13(10)17-14(18)12(7-5-9-15)11(2)16-17/h3-4,6,8,12H,5,7,9,15H2,1-2H3. The number of benzene rings is 1. The highest BCUT2D eigenvalue weighted by Gasteiger charge is 2.34. The number of carbonyl (C=O) groups is 1. The summed E-state index contributed by atoms with van der Waals surface area (Å²) in [5.74, 6) is -0.0385. The average Bonchev–Trinajstić information content (AvgIpc) is 2.63. The van der Waals surface area contributed by atoms with Crippen molar-refractivity contribution in [3.8, 4) is 0 Å². The first-order chi connectivity index (χ1) is 8.65. The topological polar surface area (TPSA) is 58.7 Å². The monoisotopic (exact) mass is 245 g/mol. The molecule has 1 aliphatic heterocycles. The molecule has 0 bridgehead atoms. The van der Waals surface area contributed by atoms with Gasteiger partial charge >= 0.3 is 0 Å². The Kier molecular flexibility index (Phi) is 3.77. The van der Waals surface area contributed by atoms with Crippen LogP contribution in [0.4, 0.5) is 5.69 Å². The van der Waals surface area contributed by atoms with E-state index in [4.69, 9.17) is 5.73 Å². The molecule has 1 aromatic rings. The highest BCUT2D eigenvalue weighted by atomic mass is 16.2. The van der Waals surface area contributed by atoms with Gasteiger partial charge in [0.05, 0.1) is 11.6 Å². The molecule has 18 heavy (non-hydrogen) atoms. The van der Waals surface area contributed by atoms with Crippen LogP contribution < -0.4 is 10.7 Å². The van der Waals surface area contributed by atoms with E-state index in [0.717, 1.165) is 29.8 Å². The molecule has 1 aliphatic rings. The maximum absolute atomic E-state index is 12.3. The van der Waals surface area contributed by atoms with E-state index in [1.54, 1.807) is 0 Å². The van der Waals surface area contributed by atoms with Crippen LogP contribution in [0.2, 0.25) is 0 Å². The minimum absolute atomic E-state index is 0.0650. The fraction of sp³-hybridized carbons (Fsp3) is 0.429. The van der Waals surface area contributed by atoms with Gasteiger partial charge < -0.3 is 5.73 Å². The van der Waals surface area contributed by atoms with Crippen molar-refractivity contribution in [2.75, 3.05) is 11.6 Å². The van der Waals surface area contributed by atoms with Crippen LogP contribution in [0.25, 0.3) is 0 Å². The number of anilines is 1. The van der Waals surface area contributed by atoms with Gasteiger partial charge in [-0.1, -0.05) is 18.2 Å². The van der Waals surface area contributed by atoms with Crippen molar-refractivity contribution in [1.82, 2.24) is 0 Å². The lowest BCUT2D eigenvalue weighted by atomic mass is 9.98. The Morgan fingerprint density at radius 3 is 2.72 bits per heavy atom. The maximum Gasteiger partial charge on any atom is 0.256 e. The van der Waals surface area contributed by atoms with E-state index < -0.39 is 0 Å². The van der Waals surface area contributed by atoms with Gasteiger partial charge in [-0.15, -0.1) is 0 Å². The molecule has 2 rings (SSSR count). The molecule has 0 radical (unpaired) electrons. The molecule has 4 heteroatoms. The number of carbonyl (C=O) groups excluding carboxylic acids is 1. The average molecular weight is 245 g/mol. The SMILES string of the molecule is CC1=NN(c2ccccc2C)C(=O)C1CCCN. The third kappa shape index (κ3) is 2.29. The zero-order chi connectivity index (χ0) is 13.1. The molecule has 1 atom stereocenters. The Bertz CT molecular complexity index is 482. The summed E-state index contributed by atoms with van der Waals surface area (Å²) >= 11 is 0. The number of hydrazone groups is 1. The Morgan fingerprint density at radius 1 is 1.33 bits per heavy atom. The molecule has 1 heterocycles. The molecule has 1 unspecified atom stereocenters. The molecule has 0 aliphatic carbocycles. The quantitative estimate of drug-likeness (QED) is 0.882. The highest BCUT2D eigenvalue weighted by molar-refractivity contribution is 6.14. The van der Waals surface area contributed by atoms with Crippen molar-refractivity contribution >= 4 is 17.3 Å². The van der Waals surface area contributed by atoms with Gasteiger partial charge in [0.15, 0.2) is 0 Å². The number of rotatable bonds is 4. The largest absolute Gasteiger partial charge is 0.330 e. The van der Waals surface area contributed by atoms with E-state index in [-0.39, 0.29) is 11.8 Å². The Balaban J connectivity index is 2.23. The van der Waals surface area contributed by atoms with Crippen LogP contribution in [-0.4, -0.2) is 18.2 Å². The van der Waals surface area contributed by atoms with Crippen LogP contribution in [0.1, 0.15) is 25.3 Å². The number of para-hydroxylation sites is 1. The summed E-state index contributed by atoms with van der Waals surface area (Å²) in [6.45, 7) is 4.51. The summed E-state index contributed by atoms with van der Waals surface area (Å²) in [4.78, 5) is 12.3. The van der Waals surface area contributed by atoms with Crippen LogP contribution in [0.15, 0.2) is 29.4 Å². The number of hydrogen-bond donors (Lipinski definition) is 1. The molecule has 4 nitrogen and oxygen atoms in total. The molecule has 0 saturated heterocycles. The van der Waals surface area contributed by atoms with Crippen molar-refractivity contribution < 1.29 is 4.79 Å². The van der Waals surface area contributed by atoms with Crippen molar-refractivity contribution in [3.63, 3.8) is 0 Å². The molecular weight excluding hydrogens is 226 g/mol. The summed E-state index contributed by atoms with van der Waals surface area (Å²) < 4.78 is 0. The summed E-state index contributed by atoms with van der Waals surface area (Å²) in [5, 5.41) is 5.93. The first-order valence-corrected chi connectivity index (χ1v) is 6.30. The number of amides is 1. The smallest absolute Gasteiger partial charge is 0.256 e. The molecule has 0 saturated carbocycles. The number of nitrogens with two attached hydrogens (primary N) is 1. The molecule has 0 fully saturated rings. The summed E-state index contributed by atoms with van der Waals surface area (Å²) in [6, 6.07) is 7.80. The van der Waals surface area contributed by atoms with Gasteiger partial charge in [0, 0.05) is 5.71 Å². The molecule has 2 N–H and O–H groups in total. The van der Waals surface area contributed by atoms with Crippen LogP contribution >= 0.6 is 0 Å². The van der Waals surface area contributed by atoms with Gasteiger partial charge in [-0.25, -0.2) is 0 Å². The van der Waals surface area contributed by atoms with E-state index in [9.17, 15) is 4.79 Å². The third-order valence-corrected chi connectivity index (χ3v) is 3.31. The van der Waals surface area contributed by atoms with Crippen LogP contribution in [0.5, 0.6) is 0 Å². The lowest BCUT2D eigenvalue weighted by molar-refractivity contribution is -0.119. The Hall–Kier alpha value is -1.68. The zero-order valence-electron chi connectivity index (χ0n) is 10.9. The van der Waals surface area contributed by atoms with Gasteiger partial charge in [-0.05, 0) is 44.9 Å². The van der Waals surface area contributed by atoms with E-state index >= 15 is 0 Å². The Labute approximate surface area is 107 Å². The molecular formula is C14H19N3O. The van der Waals surface area contributed by atoms with Gasteiger partial charge in [0.1, 0.15) is 0 Å². The van der Waals surface area contributed by atoms with Crippen molar-refractivity contribution in [1.29, 1.82) is 0 Å². The van der Waals surface area contributed by atoms with Crippen molar-refractivity contribution in [2.45, 2.75) is 26.7 Å². The highest BCUT2D eigenvalue weighted by Crippen LogP contribution is 2.28. The lowest BCUT2D eigenvalue weighted by Gasteiger charge is -2.16. The van der Waals surface area contributed by atoms with Crippen LogP contribution in [0.3, 0.4) is 0 Å². The first kappa shape index (κ1) is 12.8. The molecule has 0 aromatic heterocycles. The second-order valence-electron chi connectivity index (χ2n) is 4.66. The van der Waals surface area contributed by atoms with E-state index in [2.05, 4.69) is 5.10 Å². The van der Waals surface area contributed by atoms with Gasteiger partial charge in [0.2, 0.25) is 0 Å². The fourth-order valence-electron chi connectivity index (χ4n) is 2.23. The minimum Gasteiger partial charge on any atom is -0.330 e. The molecule has 1 amide bonds. The van der Waals surface area contributed by atoms with E-state index in [1.807, 2.05) is 38.1 Å². The van der Waals surface area contributed by atoms with E-state index in [0.29, 0.717) is 6.54 Å². The number of nitrogens with zero attached hydrogens (tertiary/aromatic N) is 2. The third-order valence-electron chi connectivity index (χ3n) is 3.31. The Morgan fingerprint density at radius 2 is 2.06 bits per heavy atom. The second-order valence-corrected chi connectivity index (χ2v) is 4.66. The predicted molar refractivity (Wildman–Crippen MR) is 73.6 cm³/mol. The molecule has 1 aromatic carbocycles. The van der Waals surface area contributed by atoms with Gasteiger partial charge in [0.25, 0.3) is 5.91 Å². The summed E-state index contributed by atoms with van der Waals surface area (Å²) in [6.07, 6.45) is 1.64. The second kappa shape index (κ2) is 5.31. The van der Waals surface area contributed by atoms with Crippen LogP contribution in [-0.2, 0) is 4.79 Å². The summed E-state index contributed by atoms with van der Waals surface area (Å²) in [7, 11) is 0. The molecule has 96 valence electrons. The lowest BCUT2D eigenvalue weighted by Crippen LogP contribution is -2.27. The summed E-state index contributed by atoms with van der Waals surface area (Å²) in [5.41, 5.74) is 8.32. The predicted octanol–water partition coefficient (Wildman–Crippen LogP) is 2.07. The van der Waals surface area contributed by atoms with Gasteiger partial charge in [-0.3, -0.25) is 4.79 Å². The molecule has 0 spiro atoms. The van der Waals surface area contributed by atoms with E-state index in [1.165, 1.54) is 5.01 Å². The van der Waals surface area contributed by atoms with Crippen molar-refractivity contribution in [2.24, 2.45) is 16.8 Å². The normalized spacial score (nSPS) is 19.3. The zero-order valence-corrected chi connectivity index (χ0v) is 10.9. The van der Waals surface area contributed by atoms with Gasteiger partial charge in [-0.2, -0.15) is 10.1 Å². The maximum atomic E-state index is 12.3. The number of aryl methyl sites for hydroxylation is 1. The van der Waals surface area contributed by atoms with Crippen molar-refractivity contribution in [3.05, 3.63) is 29.8 Å².